The van der Waals surface area contributed by atoms with Crippen LogP contribution in [0.2, 0.25) is 0 Å². The number of ketones is 1. The van der Waals surface area contributed by atoms with Gasteiger partial charge in [0.2, 0.25) is 0 Å². The largest absolute Gasteiger partial charge is 0.480 e. The Labute approximate surface area is 127 Å². The van der Waals surface area contributed by atoms with Gasteiger partial charge in [0.05, 0.1) is 5.92 Å². The molecule has 0 aliphatic carbocycles. The Kier molecular flexibility index (Phi) is 4.81. The van der Waals surface area contributed by atoms with Crippen LogP contribution < -0.4 is 0 Å². The van der Waals surface area contributed by atoms with Crippen LogP contribution in [0.15, 0.2) is 30.3 Å². The average Bonchev–Trinajstić information content (AvgIpc) is 2.90. The summed E-state index contributed by atoms with van der Waals surface area (Å²) in [5.41, 5.74) is 0.597. The molecule has 1 N–H and O–H groups in total. The van der Waals surface area contributed by atoms with Crippen molar-refractivity contribution in [2.24, 2.45) is 11.8 Å². The van der Waals surface area contributed by atoms with Crippen LogP contribution in [-0.2, 0) is 4.79 Å². The zero-order valence-corrected chi connectivity index (χ0v) is 13.2. The lowest BCUT2D eigenvalue weighted by Gasteiger charge is -2.33. The molecular formula is C15H18O3S2. The number of carboxylic acid groups (broad SMARTS) is 1. The highest BCUT2D eigenvalue weighted by Gasteiger charge is 2.54. The fraction of sp³-hybridized carbons (Fsp3) is 0.467. The van der Waals surface area contributed by atoms with Crippen LogP contribution in [0.3, 0.4) is 0 Å². The SMILES string of the molecule is CC(C)C(C(=O)c1ccccc1)C1(C(=O)O)SCCS1. The zero-order chi connectivity index (χ0) is 14.8. The third kappa shape index (κ3) is 2.74. The van der Waals surface area contributed by atoms with E-state index < -0.39 is 16.0 Å². The minimum absolute atomic E-state index is 0.0168. The molecule has 2 rings (SSSR count). The van der Waals surface area contributed by atoms with E-state index in [0.717, 1.165) is 11.5 Å². The Bertz CT molecular complexity index is 493. The van der Waals surface area contributed by atoms with Crippen LogP contribution in [0.25, 0.3) is 0 Å². The second kappa shape index (κ2) is 6.22. The molecule has 1 heterocycles. The predicted molar refractivity (Wildman–Crippen MR) is 84.4 cm³/mol. The Morgan fingerprint density at radius 1 is 1.15 bits per heavy atom. The van der Waals surface area contributed by atoms with E-state index >= 15 is 0 Å². The van der Waals surface area contributed by atoms with Crippen molar-refractivity contribution >= 4 is 35.3 Å². The standard InChI is InChI=1S/C15H18O3S2/c1-10(2)12(13(16)11-6-4-3-5-7-11)15(14(17)18)19-8-9-20-15/h3-7,10,12H,8-9H2,1-2H3,(H,17,18). The maximum Gasteiger partial charge on any atom is 0.330 e. The second-order valence-corrected chi connectivity index (χ2v) is 8.06. The molecule has 1 aromatic carbocycles. The van der Waals surface area contributed by atoms with E-state index in [1.54, 1.807) is 12.1 Å². The Morgan fingerprint density at radius 2 is 1.70 bits per heavy atom. The second-order valence-electron chi connectivity index (χ2n) is 5.12. The summed E-state index contributed by atoms with van der Waals surface area (Å²) < 4.78 is -1.04. The smallest absolute Gasteiger partial charge is 0.330 e. The minimum Gasteiger partial charge on any atom is -0.480 e. The monoisotopic (exact) mass is 310 g/mol. The third-order valence-corrected chi connectivity index (χ3v) is 6.93. The molecule has 1 aliphatic rings. The number of benzene rings is 1. The number of carbonyl (C=O) groups is 2. The van der Waals surface area contributed by atoms with Gasteiger partial charge < -0.3 is 5.11 Å². The molecule has 0 radical (unpaired) electrons. The topological polar surface area (TPSA) is 54.4 Å². The van der Waals surface area contributed by atoms with Gasteiger partial charge in [0.15, 0.2) is 9.86 Å². The first kappa shape index (κ1) is 15.4. The van der Waals surface area contributed by atoms with Crippen molar-refractivity contribution < 1.29 is 14.7 Å². The van der Waals surface area contributed by atoms with Crippen molar-refractivity contribution in [2.75, 3.05) is 11.5 Å². The highest BCUT2D eigenvalue weighted by atomic mass is 32.2. The number of rotatable bonds is 5. The van der Waals surface area contributed by atoms with Crippen molar-refractivity contribution in [2.45, 2.75) is 17.9 Å². The van der Waals surface area contributed by atoms with Gasteiger partial charge in [0, 0.05) is 17.1 Å². The Morgan fingerprint density at radius 3 is 2.15 bits per heavy atom. The van der Waals surface area contributed by atoms with E-state index in [4.69, 9.17) is 0 Å². The van der Waals surface area contributed by atoms with E-state index in [9.17, 15) is 14.7 Å². The molecule has 1 aliphatic heterocycles. The number of Topliss-reactive ketones (excluding diaryl/α,β-unsaturated/α-hetero) is 1. The molecule has 0 bridgehead atoms. The summed E-state index contributed by atoms with van der Waals surface area (Å²) in [6, 6.07) is 9.00. The van der Waals surface area contributed by atoms with Gasteiger partial charge in [-0.05, 0) is 5.92 Å². The van der Waals surface area contributed by atoms with Gasteiger partial charge in [-0.3, -0.25) is 4.79 Å². The average molecular weight is 310 g/mol. The lowest BCUT2D eigenvalue weighted by Crippen LogP contribution is -2.45. The lowest BCUT2D eigenvalue weighted by atomic mass is 9.84. The molecule has 1 atom stereocenters. The summed E-state index contributed by atoms with van der Waals surface area (Å²) in [5, 5.41) is 9.68. The highest BCUT2D eigenvalue weighted by molar-refractivity contribution is 8.22. The van der Waals surface area contributed by atoms with Gasteiger partial charge >= 0.3 is 5.97 Å². The van der Waals surface area contributed by atoms with E-state index in [-0.39, 0.29) is 11.7 Å². The maximum absolute atomic E-state index is 12.8. The first-order valence-electron chi connectivity index (χ1n) is 6.59. The fourth-order valence-corrected chi connectivity index (χ4v) is 6.03. The summed E-state index contributed by atoms with van der Waals surface area (Å²) in [6.07, 6.45) is 0. The van der Waals surface area contributed by atoms with Crippen molar-refractivity contribution in [3.63, 3.8) is 0 Å². The Hall–Kier alpha value is -0.940. The third-order valence-electron chi connectivity index (χ3n) is 3.43. The fourth-order valence-electron chi connectivity index (χ4n) is 2.56. The molecule has 0 amide bonds. The summed E-state index contributed by atoms with van der Waals surface area (Å²) in [5.74, 6) is 0.0829. The van der Waals surface area contributed by atoms with Gasteiger partial charge in [0.1, 0.15) is 0 Å². The Balaban J connectivity index is 2.41. The van der Waals surface area contributed by atoms with Crippen LogP contribution in [0.5, 0.6) is 0 Å². The highest BCUT2D eigenvalue weighted by Crippen LogP contribution is 2.52. The van der Waals surface area contributed by atoms with Crippen LogP contribution in [0.4, 0.5) is 0 Å². The first-order chi connectivity index (χ1) is 9.49. The summed E-state index contributed by atoms with van der Waals surface area (Å²) in [7, 11) is 0. The van der Waals surface area contributed by atoms with Crippen LogP contribution in [0, 0.1) is 11.8 Å². The van der Waals surface area contributed by atoms with Crippen molar-refractivity contribution in [3.05, 3.63) is 35.9 Å². The number of hydrogen-bond acceptors (Lipinski definition) is 4. The summed E-state index contributed by atoms with van der Waals surface area (Å²) in [6.45, 7) is 3.85. The number of hydrogen-bond donors (Lipinski definition) is 1. The van der Waals surface area contributed by atoms with Gasteiger partial charge in [0.25, 0.3) is 0 Å². The van der Waals surface area contributed by atoms with Gasteiger partial charge in [-0.25, -0.2) is 4.79 Å². The molecule has 5 heteroatoms. The maximum atomic E-state index is 12.8. The van der Waals surface area contributed by atoms with Gasteiger partial charge in [-0.2, -0.15) is 0 Å². The molecule has 0 aromatic heterocycles. The van der Waals surface area contributed by atoms with Gasteiger partial charge in [-0.15, -0.1) is 23.5 Å². The number of carboxylic acids is 1. The number of aliphatic carboxylic acids is 1. The normalized spacial score (nSPS) is 18.9. The van der Waals surface area contributed by atoms with Gasteiger partial charge in [-0.1, -0.05) is 44.2 Å². The molecule has 108 valence electrons. The van der Waals surface area contributed by atoms with E-state index in [0.29, 0.717) is 5.56 Å². The molecule has 1 unspecified atom stereocenters. The minimum atomic E-state index is -1.04. The molecule has 20 heavy (non-hydrogen) atoms. The molecule has 0 spiro atoms. The summed E-state index contributed by atoms with van der Waals surface area (Å²) in [4.78, 5) is 24.6. The van der Waals surface area contributed by atoms with Crippen LogP contribution in [0.1, 0.15) is 24.2 Å². The van der Waals surface area contributed by atoms with E-state index in [1.807, 2.05) is 32.0 Å². The number of thioether (sulfide) groups is 2. The van der Waals surface area contributed by atoms with Crippen molar-refractivity contribution in [3.8, 4) is 0 Å². The molecule has 0 saturated carbocycles. The van der Waals surface area contributed by atoms with E-state index in [2.05, 4.69) is 0 Å². The molecule has 1 fully saturated rings. The first-order valence-corrected chi connectivity index (χ1v) is 8.56. The van der Waals surface area contributed by atoms with Crippen molar-refractivity contribution in [1.29, 1.82) is 0 Å². The summed E-state index contributed by atoms with van der Waals surface area (Å²) >= 11 is 2.80. The predicted octanol–water partition coefficient (Wildman–Crippen LogP) is 3.40. The quantitative estimate of drug-likeness (QED) is 0.845. The van der Waals surface area contributed by atoms with Crippen LogP contribution >= 0.6 is 23.5 Å². The molecule has 1 saturated heterocycles. The zero-order valence-electron chi connectivity index (χ0n) is 11.5. The number of carbonyl (C=O) groups excluding carboxylic acids is 1. The molecule has 3 nitrogen and oxygen atoms in total. The van der Waals surface area contributed by atoms with E-state index in [1.165, 1.54) is 23.5 Å². The van der Waals surface area contributed by atoms with Crippen LogP contribution in [-0.4, -0.2) is 32.4 Å². The van der Waals surface area contributed by atoms with Crippen molar-refractivity contribution in [1.82, 2.24) is 0 Å². The molecular weight excluding hydrogens is 292 g/mol. The lowest BCUT2D eigenvalue weighted by molar-refractivity contribution is -0.138. The molecule has 1 aromatic rings.